The van der Waals surface area contributed by atoms with Gasteiger partial charge in [0.15, 0.2) is 5.82 Å². The molecule has 0 aromatic carbocycles. The summed E-state index contributed by atoms with van der Waals surface area (Å²) in [6.07, 6.45) is 0. The number of aromatic nitrogens is 5. The first-order valence-electron chi connectivity index (χ1n) is 5.02. The first kappa shape index (κ1) is 12.8. The fourth-order valence-electron chi connectivity index (χ4n) is 0.933. The molecule has 0 unspecified atom stereocenters. The van der Waals surface area contributed by atoms with Gasteiger partial charge in [0.25, 0.3) is 5.89 Å². The number of methoxy groups -OCH3 is 1. The predicted molar refractivity (Wildman–Crippen MR) is 57.1 cm³/mol. The zero-order valence-electron chi connectivity index (χ0n) is 10.0. The van der Waals surface area contributed by atoms with Crippen LogP contribution in [0.15, 0.2) is 4.52 Å². The molecule has 17 heavy (non-hydrogen) atoms. The highest BCUT2D eigenvalue weighted by Gasteiger charge is 2.16. The number of hydrogen-bond acceptors (Lipinski definition) is 7. The number of rotatable bonds is 2. The number of carbonyl (C=O) groups is 1. The first-order valence-corrected chi connectivity index (χ1v) is 5.02. The summed E-state index contributed by atoms with van der Waals surface area (Å²) in [6.45, 7) is 5.67. The Labute approximate surface area is 97.4 Å². The average Bonchev–Trinajstić information content (AvgIpc) is 2.99. The van der Waals surface area contributed by atoms with Gasteiger partial charge >= 0.3 is 5.97 Å². The summed E-state index contributed by atoms with van der Waals surface area (Å²) in [5.41, 5.74) is 0. The van der Waals surface area contributed by atoms with Crippen molar-refractivity contribution in [3.8, 4) is 11.7 Å². The van der Waals surface area contributed by atoms with Crippen LogP contribution in [0.3, 0.4) is 0 Å². The Morgan fingerprint density at radius 2 is 2.06 bits per heavy atom. The molecule has 2 aromatic heterocycles. The van der Waals surface area contributed by atoms with Gasteiger partial charge in [-0.1, -0.05) is 19.0 Å². The number of carbonyl (C=O) groups excluding carboxylic acids is 1. The van der Waals surface area contributed by atoms with E-state index >= 15 is 0 Å². The lowest BCUT2D eigenvalue weighted by atomic mass is 10.6. The first-order chi connectivity index (χ1) is 8.20. The molecule has 0 aliphatic rings. The highest BCUT2D eigenvalue weighted by Crippen LogP contribution is 2.11. The Bertz CT molecular complexity index is 490. The van der Waals surface area contributed by atoms with Crippen molar-refractivity contribution in [2.45, 2.75) is 20.8 Å². The number of aryl methyl sites for hydroxylation is 1. The minimum absolute atomic E-state index is 0.0108. The summed E-state index contributed by atoms with van der Waals surface area (Å²) in [4.78, 5) is 18.8. The van der Waals surface area contributed by atoms with E-state index in [1.54, 1.807) is 6.92 Å². The fourth-order valence-corrected chi connectivity index (χ4v) is 0.933. The number of aromatic amines is 1. The lowest BCUT2D eigenvalue weighted by Gasteiger charge is -1.89. The maximum atomic E-state index is 11.0. The van der Waals surface area contributed by atoms with Crippen LogP contribution in [-0.4, -0.2) is 38.4 Å². The maximum absolute atomic E-state index is 11.0. The van der Waals surface area contributed by atoms with Crippen LogP contribution in [0.1, 0.15) is 30.3 Å². The molecular weight excluding hydrogens is 226 g/mol. The van der Waals surface area contributed by atoms with E-state index in [0.717, 1.165) is 0 Å². The zero-order valence-corrected chi connectivity index (χ0v) is 10.0. The summed E-state index contributed by atoms with van der Waals surface area (Å²) in [5, 5.41) is 9.71. The molecule has 0 saturated heterocycles. The van der Waals surface area contributed by atoms with Gasteiger partial charge in [0.1, 0.15) is 0 Å². The lowest BCUT2D eigenvalue weighted by Crippen LogP contribution is -2.03. The van der Waals surface area contributed by atoms with E-state index in [2.05, 4.69) is 30.1 Å². The standard InChI is InChI=1S/C7H7N5O3.C2H6/c1-3-8-6(15-12-3)4-9-5(11-10-4)7(13)14-2;1-2/h1-2H3,(H,9,10,11);1-2H3. The normalized spacial score (nSPS) is 9.41. The van der Waals surface area contributed by atoms with E-state index in [-0.39, 0.29) is 17.5 Å². The Balaban J connectivity index is 0.000000686. The second-order valence-electron chi connectivity index (χ2n) is 2.65. The van der Waals surface area contributed by atoms with Crippen LogP contribution in [0.25, 0.3) is 11.7 Å². The Morgan fingerprint density at radius 3 is 2.59 bits per heavy atom. The van der Waals surface area contributed by atoms with E-state index in [1.807, 2.05) is 13.8 Å². The molecule has 0 saturated carbocycles. The number of nitrogens with one attached hydrogen (secondary N) is 1. The smallest absolute Gasteiger partial charge is 0.375 e. The Morgan fingerprint density at radius 1 is 1.35 bits per heavy atom. The quantitative estimate of drug-likeness (QED) is 0.778. The second-order valence-corrected chi connectivity index (χ2v) is 2.65. The molecule has 2 heterocycles. The van der Waals surface area contributed by atoms with Gasteiger partial charge in [0.05, 0.1) is 7.11 Å². The molecule has 0 fully saturated rings. The van der Waals surface area contributed by atoms with E-state index in [0.29, 0.717) is 5.82 Å². The largest absolute Gasteiger partial charge is 0.463 e. The van der Waals surface area contributed by atoms with Crippen molar-refractivity contribution in [1.82, 2.24) is 25.3 Å². The molecule has 8 nitrogen and oxygen atoms in total. The molecule has 0 spiro atoms. The van der Waals surface area contributed by atoms with Crippen molar-refractivity contribution >= 4 is 5.97 Å². The Hall–Kier alpha value is -2.25. The van der Waals surface area contributed by atoms with Crippen LogP contribution in [-0.2, 0) is 4.74 Å². The van der Waals surface area contributed by atoms with Gasteiger partial charge in [0, 0.05) is 0 Å². The minimum Gasteiger partial charge on any atom is -0.463 e. The molecular formula is C9H13N5O3. The third-order valence-corrected chi connectivity index (χ3v) is 1.58. The topological polar surface area (TPSA) is 107 Å². The predicted octanol–water partition coefficient (Wildman–Crippen LogP) is 0.976. The van der Waals surface area contributed by atoms with Crippen LogP contribution in [0, 0.1) is 6.92 Å². The van der Waals surface area contributed by atoms with Crippen molar-refractivity contribution in [3.05, 3.63) is 11.6 Å². The van der Waals surface area contributed by atoms with Crippen LogP contribution >= 0.6 is 0 Å². The summed E-state index contributed by atoms with van der Waals surface area (Å²) in [7, 11) is 1.25. The fraction of sp³-hybridized carbons (Fsp3) is 0.444. The number of esters is 1. The second kappa shape index (κ2) is 5.73. The zero-order chi connectivity index (χ0) is 12.8. The van der Waals surface area contributed by atoms with Gasteiger partial charge in [0.2, 0.25) is 11.6 Å². The van der Waals surface area contributed by atoms with Crippen molar-refractivity contribution in [2.24, 2.45) is 0 Å². The van der Waals surface area contributed by atoms with Crippen LogP contribution in [0.5, 0.6) is 0 Å². The van der Waals surface area contributed by atoms with Gasteiger partial charge in [-0.2, -0.15) is 9.97 Å². The van der Waals surface area contributed by atoms with Gasteiger partial charge in [-0.3, -0.25) is 5.10 Å². The molecule has 0 aliphatic heterocycles. The van der Waals surface area contributed by atoms with Gasteiger partial charge in [-0.25, -0.2) is 4.79 Å². The van der Waals surface area contributed by atoms with Gasteiger partial charge < -0.3 is 9.26 Å². The number of H-pyrrole nitrogens is 1. The molecule has 0 atom stereocenters. The molecule has 0 bridgehead atoms. The van der Waals surface area contributed by atoms with Crippen LogP contribution in [0.4, 0.5) is 0 Å². The minimum atomic E-state index is -0.606. The van der Waals surface area contributed by atoms with E-state index in [4.69, 9.17) is 4.52 Å². The molecule has 0 radical (unpaired) electrons. The molecule has 92 valence electrons. The van der Waals surface area contributed by atoms with Crippen molar-refractivity contribution in [2.75, 3.05) is 7.11 Å². The summed E-state index contributed by atoms with van der Waals surface area (Å²) in [6, 6.07) is 0. The summed E-state index contributed by atoms with van der Waals surface area (Å²) < 4.78 is 9.27. The highest BCUT2D eigenvalue weighted by molar-refractivity contribution is 5.85. The number of nitrogens with zero attached hydrogens (tertiary/aromatic N) is 4. The third-order valence-electron chi connectivity index (χ3n) is 1.58. The molecule has 1 N–H and O–H groups in total. The van der Waals surface area contributed by atoms with E-state index < -0.39 is 5.97 Å². The molecule has 8 heteroatoms. The van der Waals surface area contributed by atoms with Crippen molar-refractivity contribution in [3.63, 3.8) is 0 Å². The van der Waals surface area contributed by atoms with Crippen LogP contribution < -0.4 is 0 Å². The molecule has 2 rings (SSSR count). The SMILES string of the molecule is CC.COC(=O)c1nc(-c2nc(C)no2)n[nH]1. The van der Waals surface area contributed by atoms with Crippen molar-refractivity contribution in [1.29, 1.82) is 0 Å². The molecule has 2 aromatic rings. The van der Waals surface area contributed by atoms with E-state index in [9.17, 15) is 4.79 Å². The van der Waals surface area contributed by atoms with Gasteiger partial charge in [-0.15, -0.1) is 5.10 Å². The van der Waals surface area contributed by atoms with Crippen LogP contribution in [0.2, 0.25) is 0 Å². The number of hydrogen-bond donors (Lipinski definition) is 1. The van der Waals surface area contributed by atoms with E-state index in [1.165, 1.54) is 7.11 Å². The monoisotopic (exact) mass is 239 g/mol. The lowest BCUT2D eigenvalue weighted by molar-refractivity contribution is 0.0587. The molecule has 0 amide bonds. The molecule has 0 aliphatic carbocycles. The highest BCUT2D eigenvalue weighted by atomic mass is 16.5. The third kappa shape index (κ3) is 2.86. The van der Waals surface area contributed by atoms with Crippen molar-refractivity contribution < 1.29 is 14.1 Å². The van der Waals surface area contributed by atoms with Gasteiger partial charge in [-0.05, 0) is 6.92 Å². The summed E-state index contributed by atoms with van der Waals surface area (Å²) >= 11 is 0. The average molecular weight is 239 g/mol. The Kier molecular flexibility index (Phi) is 4.32. The maximum Gasteiger partial charge on any atom is 0.375 e. The summed E-state index contributed by atoms with van der Waals surface area (Å²) in [5.74, 6) is 0.165. The number of ether oxygens (including phenoxy) is 1.